The van der Waals surface area contributed by atoms with Crippen LogP contribution in [-0.4, -0.2) is 25.0 Å². The third kappa shape index (κ3) is 6.25. The van der Waals surface area contributed by atoms with Crippen LogP contribution in [0.2, 0.25) is 31.2 Å². The summed E-state index contributed by atoms with van der Waals surface area (Å²) in [6.45, 7) is 4.54. The zero-order valence-electron chi connectivity index (χ0n) is 6.49. The Morgan fingerprint density at radius 2 is 2.11 bits per heavy atom. The minimum absolute atomic E-state index is 0.0708. The Morgan fingerprint density at radius 3 is 2.56 bits per heavy atom. The lowest BCUT2D eigenvalue weighted by Gasteiger charge is -2.03. The van der Waals surface area contributed by atoms with Gasteiger partial charge in [0.25, 0.3) is 0 Å². The quantitative estimate of drug-likeness (QED) is 0.540. The topological polar surface area (TPSA) is 0 Å². The largest absolute Gasteiger partial charge is 0.251 e. The third-order valence-electron chi connectivity index (χ3n) is 1.65. The van der Waals surface area contributed by atoms with Crippen LogP contribution in [-0.2, 0) is 0 Å². The molecule has 0 N–H and O–H groups in total. The van der Waals surface area contributed by atoms with Crippen molar-refractivity contribution in [3.8, 4) is 0 Å². The van der Waals surface area contributed by atoms with E-state index < -0.39 is 8.80 Å². The second kappa shape index (κ2) is 6.48. The van der Waals surface area contributed by atoms with Crippen LogP contribution in [0.25, 0.3) is 0 Å². The van der Waals surface area contributed by atoms with Gasteiger partial charge in [0, 0.05) is 18.3 Å². The fourth-order valence-corrected chi connectivity index (χ4v) is 5.97. The summed E-state index contributed by atoms with van der Waals surface area (Å²) in [4.78, 5) is 0. The van der Waals surface area contributed by atoms with Crippen molar-refractivity contribution in [2.24, 2.45) is 0 Å². The molecule has 9 heavy (non-hydrogen) atoms. The van der Waals surface area contributed by atoms with Crippen molar-refractivity contribution < 1.29 is 4.39 Å². The smallest absolute Gasteiger partial charge is 0.0868 e. The van der Waals surface area contributed by atoms with Crippen LogP contribution in [0.3, 0.4) is 0 Å². The Balaban J connectivity index is 2.95. The highest BCUT2D eigenvalue weighted by atomic mass is 28.3. The lowest BCUT2D eigenvalue weighted by Crippen LogP contribution is -2.07. The van der Waals surface area contributed by atoms with Crippen LogP contribution >= 0.6 is 0 Å². The molecule has 1 unspecified atom stereocenters. The first-order valence-corrected chi connectivity index (χ1v) is 9.07. The van der Waals surface area contributed by atoms with E-state index in [4.69, 9.17) is 0 Å². The highest BCUT2D eigenvalue weighted by Gasteiger charge is 2.00. The standard InChI is InChI=1S/C6H17FSi2/c1-8-4-6-9(2)5-3-7/h9H,3-6,8H2,1-2H3. The molecule has 0 saturated heterocycles. The van der Waals surface area contributed by atoms with E-state index in [2.05, 4.69) is 13.1 Å². The fraction of sp³-hybridized carbons (Fsp3) is 1.00. The molecular weight excluding hydrogens is 147 g/mol. The van der Waals surface area contributed by atoms with Crippen molar-refractivity contribution in [3.05, 3.63) is 0 Å². The highest BCUT2D eigenvalue weighted by molar-refractivity contribution is 6.58. The molecule has 0 aromatic rings. The highest BCUT2D eigenvalue weighted by Crippen LogP contribution is 2.02. The second-order valence-corrected chi connectivity index (χ2v) is 7.80. The number of alkyl halides is 1. The van der Waals surface area contributed by atoms with E-state index >= 15 is 0 Å². The summed E-state index contributed by atoms with van der Waals surface area (Å²) in [6, 6.07) is 3.76. The van der Waals surface area contributed by atoms with Crippen molar-refractivity contribution in [1.29, 1.82) is 0 Å². The first-order chi connectivity index (χ1) is 4.31. The summed E-state index contributed by atoms with van der Waals surface area (Å²) in [5.74, 6) is 0. The maximum absolute atomic E-state index is 11.7. The number of hydrogen-bond donors (Lipinski definition) is 0. The van der Waals surface area contributed by atoms with Crippen LogP contribution in [0, 0.1) is 0 Å². The van der Waals surface area contributed by atoms with Gasteiger partial charge in [0.15, 0.2) is 0 Å². The van der Waals surface area contributed by atoms with Gasteiger partial charge >= 0.3 is 0 Å². The first-order valence-electron chi connectivity index (χ1n) is 3.87. The van der Waals surface area contributed by atoms with Gasteiger partial charge in [-0.1, -0.05) is 25.2 Å². The Hall–Kier alpha value is 0.364. The predicted molar refractivity (Wildman–Crippen MR) is 47.8 cm³/mol. The minimum Gasteiger partial charge on any atom is -0.251 e. The SMILES string of the molecule is C[SiH2]CC[SiH](C)CCF. The van der Waals surface area contributed by atoms with Gasteiger partial charge in [0.1, 0.15) is 0 Å². The monoisotopic (exact) mass is 164 g/mol. The average Bonchev–Trinajstić information content (AvgIpc) is 1.85. The van der Waals surface area contributed by atoms with Gasteiger partial charge < -0.3 is 0 Å². The van der Waals surface area contributed by atoms with Crippen molar-refractivity contribution in [3.63, 3.8) is 0 Å². The van der Waals surface area contributed by atoms with E-state index in [1.165, 1.54) is 12.1 Å². The Kier molecular flexibility index (Phi) is 6.75. The average molecular weight is 164 g/mol. The minimum atomic E-state index is -0.560. The van der Waals surface area contributed by atoms with Crippen LogP contribution in [0.1, 0.15) is 0 Å². The molecule has 0 fully saturated rings. The molecule has 56 valence electrons. The van der Waals surface area contributed by atoms with Crippen LogP contribution in [0.5, 0.6) is 0 Å². The second-order valence-electron chi connectivity index (χ2n) is 2.73. The van der Waals surface area contributed by atoms with Gasteiger partial charge in [-0.3, -0.25) is 4.39 Å². The van der Waals surface area contributed by atoms with Crippen LogP contribution < -0.4 is 0 Å². The molecule has 0 amide bonds. The van der Waals surface area contributed by atoms with E-state index in [1.807, 2.05) is 0 Å². The van der Waals surface area contributed by atoms with Gasteiger partial charge in [-0.15, -0.1) is 0 Å². The predicted octanol–water partition coefficient (Wildman–Crippen LogP) is 1.45. The molecule has 3 heteroatoms. The maximum atomic E-state index is 11.7. The van der Waals surface area contributed by atoms with E-state index in [1.54, 1.807) is 0 Å². The van der Waals surface area contributed by atoms with Crippen LogP contribution in [0.15, 0.2) is 0 Å². The zero-order valence-corrected chi connectivity index (χ0v) is 9.06. The van der Waals surface area contributed by atoms with Gasteiger partial charge in [-0.2, -0.15) is 0 Å². The van der Waals surface area contributed by atoms with Gasteiger partial charge in [-0.05, 0) is 6.04 Å². The Labute approximate surface area is 61.3 Å². The van der Waals surface area contributed by atoms with Crippen molar-refractivity contribution in [1.82, 2.24) is 0 Å². The Bertz CT molecular complexity index is 59.0. The number of rotatable bonds is 5. The summed E-state index contributed by atoms with van der Waals surface area (Å²) in [6.07, 6.45) is 0. The molecule has 1 atom stereocenters. The lowest BCUT2D eigenvalue weighted by molar-refractivity contribution is 0.524. The summed E-state index contributed by atoms with van der Waals surface area (Å²) < 4.78 is 11.7. The van der Waals surface area contributed by atoms with Gasteiger partial charge in [0.2, 0.25) is 0 Å². The maximum Gasteiger partial charge on any atom is 0.0868 e. The molecule has 0 saturated carbocycles. The summed E-state index contributed by atoms with van der Waals surface area (Å²) in [5.41, 5.74) is 0. The molecule has 0 aromatic carbocycles. The molecule has 0 aliphatic heterocycles. The Morgan fingerprint density at radius 1 is 1.44 bits per heavy atom. The first kappa shape index (κ1) is 9.36. The third-order valence-corrected chi connectivity index (χ3v) is 6.18. The summed E-state index contributed by atoms with van der Waals surface area (Å²) >= 11 is 0. The van der Waals surface area contributed by atoms with Crippen molar-refractivity contribution in [2.75, 3.05) is 6.67 Å². The van der Waals surface area contributed by atoms with E-state index in [-0.39, 0.29) is 16.2 Å². The lowest BCUT2D eigenvalue weighted by atomic mass is 10.9. The van der Waals surface area contributed by atoms with Crippen LogP contribution in [0.4, 0.5) is 4.39 Å². The molecule has 0 radical (unpaired) electrons. The molecule has 0 nitrogen and oxygen atoms in total. The summed E-state index contributed by atoms with van der Waals surface area (Å²) in [5, 5.41) is 0. The zero-order chi connectivity index (χ0) is 7.11. The molecule has 0 rings (SSSR count). The van der Waals surface area contributed by atoms with Gasteiger partial charge in [0.05, 0.1) is 6.67 Å². The van der Waals surface area contributed by atoms with Crippen molar-refractivity contribution in [2.45, 2.75) is 31.2 Å². The molecule has 0 aliphatic rings. The van der Waals surface area contributed by atoms with E-state index in [0.29, 0.717) is 0 Å². The van der Waals surface area contributed by atoms with E-state index in [0.717, 1.165) is 6.04 Å². The number of hydrogen-bond acceptors (Lipinski definition) is 0. The molecule has 0 spiro atoms. The molecule has 0 bridgehead atoms. The molecule has 0 aliphatic carbocycles. The van der Waals surface area contributed by atoms with Crippen molar-refractivity contribution >= 4 is 18.3 Å². The normalized spacial score (nSPS) is 15.0. The molecular formula is C6H17FSi2. The number of halogens is 1. The fourth-order valence-electron chi connectivity index (χ4n) is 0.883. The summed E-state index contributed by atoms with van der Waals surface area (Å²) in [7, 11) is -0.294. The molecule has 0 aromatic heterocycles. The molecule has 0 heterocycles. The van der Waals surface area contributed by atoms with E-state index in [9.17, 15) is 4.39 Å². The van der Waals surface area contributed by atoms with Gasteiger partial charge in [-0.25, -0.2) is 0 Å².